The van der Waals surface area contributed by atoms with E-state index < -0.39 is 5.97 Å². The van der Waals surface area contributed by atoms with Gasteiger partial charge in [-0.1, -0.05) is 78.5 Å². The van der Waals surface area contributed by atoms with Crippen molar-refractivity contribution in [1.29, 1.82) is 0 Å². The highest BCUT2D eigenvalue weighted by Gasteiger charge is 2.16. The number of ketones is 1. The Kier molecular flexibility index (Phi) is 10.3. The van der Waals surface area contributed by atoms with Crippen LogP contribution >= 0.6 is 46.6 Å². The fourth-order valence-electron chi connectivity index (χ4n) is 3.21. The maximum Gasteiger partial charge on any atom is 0.313 e. The molecule has 0 unspecified atom stereocenters. The lowest BCUT2D eigenvalue weighted by Crippen LogP contribution is -2.00. The minimum absolute atomic E-state index is 0.104. The van der Waals surface area contributed by atoms with Crippen molar-refractivity contribution < 1.29 is 19.8 Å². The second-order valence-electron chi connectivity index (χ2n) is 7.52. The molecular formula is C24H26N2O4S4. The summed E-state index contributed by atoms with van der Waals surface area (Å²) < 4.78 is 1.76. The topological polar surface area (TPSA) is 100 Å². The minimum Gasteiger partial charge on any atom is -0.507 e. The van der Waals surface area contributed by atoms with Crippen LogP contribution in [0.1, 0.15) is 52.9 Å². The summed E-state index contributed by atoms with van der Waals surface area (Å²) in [4.78, 5) is 22.4. The van der Waals surface area contributed by atoms with E-state index in [4.69, 9.17) is 5.11 Å². The number of thioether (sulfide) groups is 3. The van der Waals surface area contributed by atoms with Gasteiger partial charge in [0.2, 0.25) is 0 Å². The van der Waals surface area contributed by atoms with Crippen molar-refractivity contribution in [3.8, 4) is 5.75 Å². The number of carboxylic acids is 1. The molecule has 180 valence electrons. The molecule has 0 atom stereocenters. The number of Topliss-reactive ketones (excluding diaryl/α,β-unsaturated/α-hetero) is 1. The van der Waals surface area contributed by atoms with Crippen LogP contribution in [0, 0.1) is 0 Å². The zero-order valence-electron chi connectivity index (χ0n) is 18.9. The average Bonchev–Trinajstić information content (AvgIpc) is 3.26. The number of carbonyl (C=O) groups excluding carboxylic acids is 1. The molecule has 0 aliphatic carbocycles. The van der Waals surface area contributed by atoms with Gasteiger partial charge < -0.3 is 10.2 Å². The lowest BCUT2D eigenvalue weighted by molar-refractivity contribution is -0.133. The summed E-state index contributed by atoms with van der Waals surface area (Å²) in [5.74, 6) is 1.41. The van der Waals surface area contributed by atoms with Crippen LogP contribution in [0.5, 0.6) is 5.75 Å². The molecule has 0 spiro atoms. The lowest BCUT2D eigenvalue weighted by Gasteiger charge is -2.12. The largest absolute Gasteiger partial charge is 0.507 e. The van der Waals surface area contributed by atoms with Gasteiger partial charge >= 0.3 is 5.97 Å². The van der Waals surface area contributed by atoms with Crippen molar-refractivity contribution in [2.45, 2.75) is 52.6 Å². The quantitative estimate of drug-likeness (QED) is 0.193. The first-order valence-corrected chi connectivity index (χ1v) is 14.6. The summed E-state index contributed by atoms with van der Waals surface area (Å²) in [6, 6.07) is 11.8. The Bertz CT molecular complexity index is 1130. The van der Waals surface area contributed by atoms with Crippen LogP contribution in [-0.4, -0.2) is 37.9 Å². The fourth-order valence-corrected chi connectivity index (χ4v) is 6.92. The van der Waals surface area contributed by atoms with E-state index in [1.165, 1.54) is 24.2 Å². The highest BCUT2D eigenvalue weighted by atomic mass is 32.2. The molecule has 3 rings (SSSR count). The molecule has 0 fully saturated rings. The first-order valence-electron chi connectivity index (χ1n) is 10.7. The van der Waals surface area contributed by atoms with Gasteiger partial charge in [-0.3, -0.25) is 9.59 Å². The van der Waals surface area contributed by atoms with E-state index >= 15 is 0 Å². The van der Waals surface area contributed by atoms with E-state index in [1.54, 1.807) is 40.9 Å². The Balaban J connectivity index is 1.54. The Hall–Kier alpha value is -2.01. The molecule has 0 aliphatic heterocycles. The molecule has 2 N–H and O–H groups in total. The second kappa shape index (κ2) is 13.2. The summed E-state index contributed by atoms with van der Waals surface area (Å²) in [5.41, 5.74) is 4.51. The molecule has 0 saturated carbocycles. The zero-order valence-corrected chi connectivity index (χ0v) is 22.2. The van der Waals surface area contributed by atoms with Crippen LogP contribution < -0.4 is 0 Å². The number of rotatable bonds is 13. The molecular weight excluding hydrogens is 509 g/mol. The first kappa shape index (κ1) is 26.6. The number of aromatic nitrogens is 2. The monoisotopic (exact) mass is 534 g/mol. The van der Waals surface area contributed by atoms with Gasteiger partial charge in [0.15, 0.2) is 14.5 Å². The van der Waals surface area contributed by atoms with Crippen LogP contribution in [-0.2, 0) is 28.5 Å². The molecule has 2 aromatic carbocycles. The maximum atomic E-state index is 11.8. The summed E-state index contributed by atoms with van der Waals surface area (Å²) in [5, 5.41) is 27.9. The molecule has 3 aromatic rings. The van der Waals surface area contributed by atoms with Crippen LogP contribution in [0.2, 0.25) is 0 Å². The fraction of sp³-hybridized carbons (Fsp3) is 0.333. The number of phenolic OH excluding ortho intramolecular Hbond substituents is 1. The predicted octanol–water partition coefficient (Wildman–Crippen LogP) is 6.30. The molecule has 0 radical (unpaired) electrons. The Morgan fingerprint density at radius 3 is 2.15 bits per heavy atom. The Labute approximate surface area is 216 Å². The van der Waals surface area contributed by atoms with Gasteiger partial charge in [0.25, 0.3) is 0 Å². The van der Waals surface area contributed by atoms with Gasteiger partial charge in [-0.25, -0.2) is 0 Å². The molecule has 10 heteroatoms. The van der Waals surface area contributed by atoms with Crippen LogP contribution in [0.4, 0.5) is 0 Å². The summed E-state index contributed by atoms with van der Waals surface area (Å²) in [6.07, 6.45) is 1.60. The number of benzene rings is 2. The van der Waals surface area contributed by atoms with Crippen molar-refractivity contribution in [3.05, 3.63) is 64.2 Å². The van der Waals surface area contributed by atoms with E-state index in [2.05, 4.69) is 29.3 Å². The van der Waals surface area contributed by atoms with Gasteiger partial charge in [-0.15, -0.1) is 22.0 Å². The smallest absolute Gasteiger partial charge is 0.313 e. The van der Waals surface area contributed by atoms with Crippen molar-refractivity contribution >= 4 is 58.4 Å². The van der Waals surface area contributed by atoms with Crippen LogP contribution in [0.25, 0.3) is 0 Å². The summed E-state index contributed by atoms with van der Waals surface area (Å²) >= 11 is 6.15. The van der Waals surface area contributed by atoms with Crippen molar-refractivity contribution in [3.63, 3.8) is 0 Å². The van der Waals surface area contributed by atoms with E-state index in [0.717, 1.165) is 44.0 Å². The number of phenols is 1. The van der Waals surface area contributed by atoms with Gasteiger partial charge in [0.1, 0.15) is 5.75 Å². The molecule has 1 heterocycles. The molecule has 34 heavy (non-hydrogen) atoms. The number of hydrogen-bond donors (Lipinski definition) is 2. The predicted molar refractivity (Wildman–Crippen MR) is 141 cm³/mol. The van der Waals surface area contributed by atoms with E-state index in [0.29, 0.717) is 17.1 Å². The maximum absolute atomic E-state index is 11.8. The zero-order chi connectivity index (χ0) is 24.5. The summed E-state index contributed by atoms with van der Waals surface area (Å²) in [7, 11) is 0. The Morgan fingerprint density at radius 1 is 0.941 bits per heavy atom. The number of nitrogens with zero attached hydrogens (tertiary/aromatic N) is 2. The number of carbonyl (C=O) groups is 2. The van der Waals surface area contributed by atoms with Gasteiger partial charge in [0.05, 0.1) is 11.3 Å². The van der Waals surface area contributed by atoms with Crippen LogP contribution in [0.3, 0.4) is 0 Å². The third-order valence-electron chi connectivity index (χ3n) is 4.88. The molecule has 0 aliphatic rings. The third-order valence-corrected chi connectivity index (χ3v) is 9.18. The van der Waals surface area contributed by atoms with E-state index in [1.807, 2.05) is 18.2 Å². The second-order valence-corrected chi connectivity index (χ2v) is 11.9. The lowest BCUT2D eigenvalue weighted by atomic mass is 9.98. The standard InChI is InChI=1S/C24H26N2O4S4/c1-3-4-20-18(9-10-19(15(2)27)22(20)30)13-33-24-26-25-23(34-24)32-12-17-7-5-16(6-8-17)11-31-14-21(28)29/h5-10,30H,3-4,11-14H2,1-2H3,(H,28,29). The minimum atomic E-state index is -0.793. The van der Waals surface area contributed by atoms with Crippen LogP contribution in [0.15, 0.2) is 45.1 Å². The SMILES string of the molecule is CCCc1c(CSc2nnc(SCc3ccc(CSCC(=O)O)cc3)s2)ccc(C(C)=O)c1O. The third kappa shape index (κ3) is 7.76. The number of aliphatic carboxylic acids is 1. The van der Waals surface area contributed by atoms with Crippen molar-refractivity contribution in [2.24, 2.45) is 0 Å². The normalized spacial score (nSPS) is 11.0. The number of carboxylic acid groups (broad SMARTS) is 1. The highest BCUT2D eigenvalue weighted by molar-refractivity contribution is 8.02. The van der Waals surface area contributed by atoms with Crippen molar-refractivity contribution in [2.75, 3.05) is 5.75 Å². The molecule has 1 aromatic heterocycles. The van der Waals surface area contributed by atoms with Crippen molar-refractivity contribution in [1.82, 2.24) is 10.2 Å². The highest BCUT2D eigenvalue weighted by Crippen LogP contribution is 2.35. The van der Waals surface area contributed by atoms with Gasteiger partial charge in [-0.2, -0.15) is 0 Å². The molecule has 0 bridgehead atoms. The summed E-state index contributed by atoms with van der Waals surface area (Å²) in [6.45, 7) is 3.52. The number of hydrogen-bond acceptors (Lipinski definition) is 9. The molecule has 0 amide bonds. The van der Waals surface area contributed by atoms with E-state index in [9.17, 15) is 14.7 Å². The molecule has 6 nitrogen and oxygen atoms in total. The van der Waals surface area contributed by atoms with Gasteiger partial charge in [0, 0.05) is 17.3 Å². The Morgan fingerprint density at radius 2 is 1.56 bits per heavy atom. The molecule has 0 saturated heterocycles. The first-order chi connectivity index (χ1) is 16.4. The van der Waals surface area contributed by atoms with Gasteiger partial charge in [-0.05, 0) is 41.7 Å². The average molecular weight is 535 g/mol. The van der Waals surface area contributed by atoms with E-state index in [-0.39, 0.29) is 17.3 Å². The number of aromatic hydroxyl groups is 1.